The van der Waals surface area contributed by atoms with Gasteiger partial charge in [0, 0.05) is 32.8 Å². The van der Waals surface area contributed by atoms with Gasteiger partial charge in [0.15, 0.2) is 0 Å². The number of aromatic nitrogens is 2. The molecule has 5 heteroatoms. The Bertz CT molecular complexity index is 557. The van der Waals surface area contributed by atoms with Crippen molar-refractivity contribution in [2.24, 2.45) is 0 Å². The van der Waals surface area contributed by atoms with Gasteiger partial charge in [-0.3, -0.25) is 4.68 Å². The standard InChI is InChI=1S/C16H21N3O2/c1-20-9-8-17-11-14-6-7-18-19(14)12-15-10-13-4-2-3-5-16(13)21-15/h2-7,15,17H,8-12H2,1H3. The summed E-state index contributed by atoms with van der Waals surface area (Å²) in [5, 5.41) is 7.75. The fraction of sp³-hybridized carbons (Fsp3) is 0.438. The Labute approximate surface area is 124 Å². The highest BCUT2D eigenvalue weighted by molar-refractivity contribution is 5.37. The van der Waals surface area contributed by atoms with Gasteiger partial charge in [0.05, 0.1) is 18.8 Å². The number of benzene rings is 1. The molecule has 0 amide bonds. The van der Waals surface area contributed by atoms with Crippen LogP contribution in [0, 0.1) is 0 Å². The first-order valence-corrected chi connectivity index (χ1v) is 7.31. The molecule has 0 saturated heterocycles. The zero-order chi connectivity index (χ0) is 14.5. The van der Waals surface area contributed by atoms with Crippen molar-refractivity contribution in [1.29, 1.82) is 0 Å². The van der Waals surface area contributed by atoms with Crippen molar-refractivity contribution in [2.45, 2.75) is 25.6 Å². The Morgan fingerprint density at radius 3 is 3.14 bits per heavy atom. The Morgan fingerprint density at radius 2 is 2.29 bits per heavy atom. The number of hydrogen-bond acceptors (Lipinski definition) is 4. The second kappa shape index (κ2) is 6.74. The zero-order valence-corrected chi connectivity index (χ0v) is 12.3. The van der Waals surface area contributed by atoms with E-state index in [-0.39, 0.29) is 6.10 Å². The molecule has 112 valence electrons. The van der Waals surface area contributed by atoms with E-state index >= 15 is 0 Å². The number of ether oxygens (including phenoxy) is 2. The van der Waals surface area contributed by atoms with Crippen molar-refractivity contribution in [3.63, 3.8) is 0 Å². The van der Waals surface area contributed by atoms with Gasteiger partial charge in [-0.15, -0.1) is 0 Å². The topological polar surface area (TPSA) is 48.3 Å². The molecular weight excluding hydrogens is 266 g/mol. The number of para-hydroxylation sites is 1. The second-order valence-corrected chi connectivity index (χ2v) is 5.23. The minimum atomic E-state index is 0.167. The summed E-state index contributed by atoms with van der Waals surface area (Å²) in [6.07, 6.45) is 2.96. The predicted octanol–water partition coefficient (Wildman–Crippen LogP) is 1.62. The summed E-state index contributed by atoms with van der Waals surface area (Å²) < 4.78 is 13.0. The van der Waals surface area contributed by atoms with E-state index in [1.807, 2.05) is 29.1 Å². The van der Waals surface area contributed by atoms with Gasteiger partial charge in [-0.2, -0.15) is 5.10 Å². The molecule has 1 atom stereocenters. The maximum absolute atomic E-state index is 5.98. The quantitative estimate of drug-likeness (QED) is 0.786. The maximum atomic E-state index is 5.98. The number of nitrogens with one attached hydrogen (secondary N) is 1. The maximum Gasteiger partial charge on any atom is 0.123 e. The van der Waals surface area contributed by atoms with Crippen LogP contribution in [0.1, 0.15) is 11.3 Å². The van der Waals surface area contributed by atoms with Crippen LogP contribution in [0.5, 0.6) is 5.75 Å². The van der Waals surface area contributed by atoms with Gasteiger partial charge in [-0.1, -0.05) is 18.2 Å². The van der Waals surface area contributed by atoms with Gasteiger partial charge in [0.25, 0.3) is 0 Å². The Balaban J connectivity index is 1.56. The molecule has 0 aliphatic carbocycles. The lowest BCUT2D eigenvalue weighted by Crippen LogP contribution is -2.25. The van der Waals surface area contributed by atoms with Crippen LogP contribution in [-0.2, 0) is 24.2 Å². The molecule has 1 aliphatic rings. The van der Waals surface area contributed by atoms with Crippen LogP contribution >= 0.6 is 0 Å². The van der Waals surface area contributed by atoms with E-state index in [2.05, 4.69) is 22.5 Å². The summed E-state index contributed by atoms with van der Waals surface area (Å²) in [5.41, 5.74) is 2.46. The molecular formula is C16H21N3O2. The van der Waals surface area contributed by atoms with Gasteiger partial charge in [0.2, 0.25) is 0 Å². The minimum absolute atomic E-state index is 0.167. The second-order valence-electron chi connectivity index (χ2n) is 5.23. The third-order valence-corrected chi connectivity index (χ3v) is 3.68. The monoisotopic (exact) mass is 287 g/mol. The molecule has 1 N–H and O–H groups in total. The molecule has 0 saturated carbocycles. The first-order chi connectivity index (χ1) is 10.4. The largest absolute Gasteiger partial charge is 0.488 e. The summed E-state index contributed by atoms with van der Waals surface area (Å²) in [6.45, 7) is 3.13. The van der Waals surface area contributed by atoms with Gasteiger partial charge in [0.1, 0.15) is 11.9 Å². The number of hydrogen-bond donors (Lipinski definition) is 1. The lowest BCUT2D eigenvalue weighted by molar-refractivity contribution is 0.195. The van der Waals surface area contributed by atoms with Crippen molar-refractivity contribution < 1.29 is 9.47 Å². The van der Waals surface area contributed by atoms with Crippen molar-refractivity contribution >= 4 is 0 Å². The molecule has 0 radical (unpaired) electrons. The molecule has 1 unspecified atom stereocenters. The molecule has 0 spiro atoms. The highest BCUT2D eigenvalue weighted by Gasteiger charge is 2.23. The smallest absolute Gasteiger partial charge is 0.123 e. The van der Waals surface area contributed by atoms with Gasteiger partial charge < -0.3 is 14.8 Å². The summed E-state index contributed by atoms with van der Waals surface area (Å²) >= 11 is 0. The number of fused-ring (bicyclic) bond motifs is 1. The van der Waals surface area contributed by atoms with E-state index < -0.39 is 0 Å². The van der Waals surface area contributed by atoms with Crippen LogP contribution in [0.3, 0.4) is 0 Å². The third kappa shape index (κ3) is 3.43. The van der Waals surface area contributed by atoms with Crippen LogP contribution in [0.25, 0.3) is 0 Å². The molecule has 0 fully saturated rings. The molecule has 0 bridgehead atoms. The van der Waals surface area contributed by atoms with Crippen molar-refractivity contribution in [1.82, 2.24) is 15.1 Å². The molecule has 1 aliphatic heterocycles. The molecule has 2 aromatic rings. The SMILES string of the molecule is COCCNCc1ccnn1CC1Cc2ccccc2O1. The highest BCUT2D eigenvalue weighted by atomic mass is 16.5. The predicted molar refractivity (Wildman–Crippen MR) is 80.4 cm³/mol. The van der Waals surface area contributed by atoms with E-state index in [1.165, 1.54) is 11.3 Å². The Kier molecular flexibility index (Phi) is 4.52. The molecule has 5 nitrogen and oxygen atoms in total. The summed E-state index contributed by atoms with van der Waals surface area (Å²) in [5.74, 6) is 1.01. The number of methoxy groups -OCH3 is 1. The fourth-order valence-electron chi connectivity index (χ4n) is 2.61. The number of nitrogens with zero attached hydrogens (tertiary/aromatic N) is 2. The van der Waals surface area contributed by atoms with Gasteiger partial charge >= 0.3 is 0 Å². The first kappa shape index (κ1) is 14.1. The van der Waals surface area contributed by atoms with Crippen LogP contribution in [0.2, 0.25) is 0 Å². The summed E-state index contributed by atoms with van der Waals surface area (Å²) in [7, 11) is 1.71. The molecule has 21 heavy (non-hydrogen) atoms. The minimum Gasteiger partial charge on any atom is -0.488 e. The lowest BCUT2D eigenvalue weighted by Gasteiger charge is -2.13. The van der Waals surface area contributed by atoms with Crippen LogP contribution in [0.15, 0.2) is 36.5 Å². The van der Waals surface area contributed by atoms with E-state index in [4.69, 9.17) is 9.47 Å². The van der Waals surface area contributed by atoms with Crippen molar-refractivity contribution in [3.8, 4) is 5.75 Å². The van der Waals surface area contributed by atoms with Crippen LogP contribution in [0.4, 0.5) is 0 Å². The average molecular weight is 287 g/mol. The summed E-state index contributed by atoms with van der Waals surface area (Å²) in [4.78, 5) is 0. The zero-order valence-electron chi connectivity index (χ0n) is 12.3. The third-order valence-electron chi connectivity index (χ3n) is 3.68. The van der Waals surface area contributed by atoms with Crippen LogP contribution in [-0.4, -0.2) is 36.1 Å². The average Bonchev–Trinajstić information content (AvgIpc) is 3.10. The molecule has 1 aromatic carbocycles. The van der Waals surface area contributed by atoms with E-state index in [0.717, 1.165) is 38.4 Å². The number of rotatable bonds is 7. The fourth-order valence-corrected chi connectivity index (χ4v) is 2.61. The van der Waals surface area contributed by atoms with E-state index in [1.54, 1.807) is 7.11 Å². The Morgan fingerprint density at radius 1 is 1.38 bits per heavy atom. The molecule has 1 aromatic heterocycles. The van der Waals surface area contributed by atoms with Crippen molar-refractivity contribution in [2.75, 3.05) is 20.3 Å². The van der Waals surface area contributed by atoms with Gasteiger partial charge in [-0.25, -0.2) is 0 Å². The first-order valence-electron chi connectivity index (χ1n) is 7.31. The molecule has 3 rings (SSSR count). The molecule has 2 heterocycles. The van der Waals surface area contributed by atoms with Crippen LogP contribution < -0.4 is 10.1 Å². The van der Waals surface area contributed by atoms with E-state index in [0.29, 0.717) is 0 Å². The lowest BCUT2D eigenvalue weighted by atomic mass is 10.1. The van der Waals surface area contributed by atoms with Crippen molar-refractivity contribution in [3.05, 3.63) is 47.8 Å². The highest BCUT2D eigenvalue weighted by Crippen LogP contribution is 2.28. The normalized spacial score (nSPS) is 16.7. The Hall–Kier alpha value is -1.85. The van der Waals surface area contributed by atoms with E-state index in [9.17, 15) is 0 Å². The summed E-state index contributed by atoms with van der Waals surface area (Å²) in [6, 6.07) is 10.3. The van der Waals surface area contributed by atoms with Gasteiger partial charge in [-0.05, 0) is 17.7 Å².